The third-order valence-corrected chi connectivity index (χ3v) is 6.54. The zero-order valence-electron chi connectivity index (χ0n) is 15.5. The minimum atomic E-state index is -3.89. The zero-order valence-corrected chi connectivity index (χ0v) is 17.1. The highest BCUT2D eigenvalue weighted by Gasteiger charge is 2.19. The number of rotatable bonds is 7. The van der Waals surface area contributed by atoms with Crippen LogP contribution in [0.15, 0.2) is 58.1 Å². The Labute approximate surface area is 179 Å². The number of carbonyl (C=O) groups excluding carboxylic acids is 2. The lowest BCUT2D eigenvalue weighted by molar-refractivity contribution is -0.119. The van der Waals surface area contributed by atoms with E-state index in [9.17, 15) is 31.9 Å². The molecular weight excluding hydrogens is 454 g/mol. The number of hydrogen-bond acceptors (Lipinski definition) is 7. The highest BCUT2D eigenvalue weighted by Crippen LogP contribution is 2.25. The molecule has 1 aromatic heterocycles. The van der Waals surface area contributed by atoms with Gasteiger partial charge in [0.1, 0.15) is 27.2 Å². The van der Waals surface area contributed by atoms with Crippen LogP contribution in [0.5, 0.6) is 5.75 Å². The van der Waals surface area contributed by atoms with Crippen LogP contribution in [-0.2, 0) is 19.6 Å². The fraction of sp³-hybridized carbons (Fsp3) is 0.0526. The van der Waals surface area contributed by atoms with Crippen LogP contribution in [0, 0.1) is 11.6 Å². The van der Waals surface area contributed by atoms with Gasteiger partial charge in [0.15, 0.2) is 6.61 Å². The number of thiophene rings is 1. The summed E-state index contributed by atoms with van der Waals surface area (Å²) in [5.74, 6) is -4.26. The highest BCUT2D eigenvalue weighted by molar-refractivity contribution is 7.94. The zero-order chi connectivity index (χ0) is 22.6. The molecule has 0 saturated heterocycles. The monoisotopic (exact) mass is 468 g/mol. The van der Waals surface area contributed by atoms with Crippen LogP contribution in [0.4, 0.5) is 20.2 Å². The number of nitrogens with one attached hydrogen (secondary N) is 2. The lowest BCUT2D eigenvalue weighted by Gasteiger charge is -2.10. The van der Waals surface area contributed by atoms with Crippen molar-refractivity contribution in [2.45, 2.75) is 4.21 Å². The molecule has 8 nitrogen and oxygen atoms in total. The molecule has 31 heavy (non-hydrogen) atoms. The number of carbonyl (C=O) groups is 2. The summed E-state index contributed by atoms with van der Waals surface area (Å²) < 4.78 is 58.3. The molecule has 12 heteroatoms. The second-order valence-corrected chi connectivity index (χ2v) is 8.87. The van der Waals surface area contributed by atoms with Crippen molar-refractivity contribution in [1.82, 2.24) is 0 Å². The van der Waals surface area contributed by atoms with Gasteiger partial charge in [-0.05, 0) is 41.8 Å². The summed E-state index contributed by atoms with van der Waals surface area (Å²) in [6, 6.07) is 8.73. The molecular formula is C19H14F2N2O6S2. The Kier molecular flexibility index (Phi) is 6.51. The average Bonchev–Trinajstić information content (AvgIpc) is 3.26. The van der Waals surface area contributed by atoms with Crippen LogP contribution in [-0.4, -0.2) is 32.0 Å². The number of benzene rings is 2. The molecule has 0 unspecified atom stereocenters. The van der Waals surface area contributed by atoms with Crippen molar-refractivity contribution < 1.29 is 36.6 Å². The number of amides is 1. The molecule has 0 spiro atoms. The molecule has 3 N–H and O–H groups in total. The average molecular weight is 468 g/mol. The predicted molar refractivity (Wildman–Crippen MR) is 109 cm³/mol. The predicted octanol–water partition coefficient (Wildman–Crippen LogP) is 3.33. The van der Waals surface area contributed by atoms with Crippen molar-refractivity contribution in [2.24, 2.45) is 0 Å². The Balaban J connectivity index is 1.67. The number of esters is 1. The Morgan fingerprint density at radius 2 is 1.87 bits per heavy atom. The van der Waals surface area contributed by atoms with E-state index in [4.69, 9.17) is 4.74 Å². The quantitative estimate of drug-likeness (QED) is 0.361. The van der Waals surface area contributed by atoms with Crippen molar-refractivity contribution in [3.63, 3.8) is 0 Å². The van der Waals surface area contributed by atoms with Gasteiger partial charge in [-0.25, -0.2) is 22.0 Å². The molecule has 3 rings (SSSR count). The number of phenols is 1. The van der Waals surface area contributed by atoms with Gasteiger partial charge < -0.3 is 15.2 Å². The smallest absolute Gasteiger partial charge is 0.342 e. The third-order valence-electron chi connectivity index (χ3n) is 3.77. The van der Waals surface area contributed by atoms with Gasteiger partial charge in [0.25, 0.3) is 15.9 Å². The van der Waals surface area contributed by atoms with Gasteiger partial charge in [-0.3, -0.25) is 9.52 Å². The molecule has 0 bridgehead atoms. The molecule has 3 aromatic rings. The fourth-order valence-electron chi connectivity index (χ4n) is 2.37. The van der Waals surface area contributed by atoms with Gasteiger partial charge in [0.05, 0.1) is 5.69 Å². The Hall–Kier alpha value is -3.51. The minimum absolute atomic E-state index is 0.0237. The van der Waals surface area contributed by atoms with Gasteiger partial charge >= 0.3 is 5.97 Å². The van der Waals surface area contributed by atoms with Crippen molar-refractivity contribution >= 4 is 44.6 Å². The van der Waals surface area contributed by atoms with E-state index in [1.54, 1.807) is 11.4 Å². The number of hydrogen-bond donors (Lipinski definition) is 3. The maximum Gasteiger partial charge on any atom is 0.342 e. The first-order chi connectivity index (χ1) is 14.7. The number of ether oxygens (including phenoxy) is 1. The first-order valence-electron chi connectivity index (χ1n) is 8.47. The first kappa shape index (κ1) is 22.2. The number of anilines is 2. The maximum atomic E-state index is 13.6. The number of sulfonamides is 1. The van der Waals surface area contributed by atoms with E-state index in [0.29, 0.717) is 0 Å². The lowest BCUT2D eigenvalue weighted by Crippen LogP contribution is -2.21. The molecule has 0 aliphatic carbocycles. The van der Waals surface area contributed by atoms with Crippen LogP contribution >= 0.6 is 11.3 Å². The largest absolute Gasteiger partial charge is 0.507 e. The first-order valence-corrected chi connectivity index (χ1v) is 10.8. The van der Waals surface area contributed by atoms with Crippen LogP contribution in [0.2, 0.25) is 0 Å². The second-order valence-electron chi connectivity index (χ2n) is 6.02. The van der Waals surface area contributed by atoms with Gasteiger partial charge in [-0.1, -0.05) is 6.07 Å². The molecule has 162 valence electrons. The highest BCUT2D eigenvalue weighted by atomic mass is 32.2. The molecule has 1 amide bonds. The van der Waals surface area contributed by atoms with Crippen molar-refractivity contribution in [1.29, 1.82) is 0 Å². The topological polar surface area (TPSA) is 122 Å². The van der Waals surface area contributed by atoms with E-state index in [-0.39, 0.29) is 9.90 Å². The van der Waals surface area contributed by atoms with E-state index in [2.05, 4.69) is 4.72 Å². The van der Waals surface area contributed by atoms with Gasteiger partial charge in [0.2, 0.25) is 0 Å². The van der Waals surface area contributed by atoms with E-state index in [1.807, 2.05) is 5.32 Å². The van der Waals surface area contributed by atoms with Crippen LogP contribution in [0.1, 0.15) is 10.4 Å². The van der Waals surface area contributed by atoms with Crippen LogP contribution in [0.25, 0.3) is 0 Å². The minimum Gasteiger partial charge on any atom is -0.507 e. The standard InChI is InChI=1S/C19H14F2N2O6S2/c20-11-3-5-14(21)15(8-11)22-17(25)10-29-19(26)13-9-12(4-6-16(13)24)23-31(27,28)18-2-1-7-30-18/h1-9,23-24H,10H2,(H,22,25). The fourth-order valence-corrected chi connectivity index (χ4v) is 4.42. The summed E-state index contributed by atoms with van der Waals surface area (Å²) in [4.78, 5) is 24.1. The van der Waals surface area contributed by atoms with Crippen molar-refractivity contribution in [2.75, 3.05) is 16.6 Å². The summed E-state index contributed by atoms with van der Waals surface area (Å²) >= 11 is 0.991. The van der Waals surface area contributed by atoms with E-state index in [0.717, 1.165) is 41.7 Å². The molecule has 0 aliphatic rings. The summed E-state index contributed by atoms with van der Waals surface area (Å²) in [7, 11) is -3.89. The number of phenolic OH excluding ortho intramolecular Hbond substituents is 1. The summed E-state index contributed by atoms with van der Waals surface area (Å²) in [6.45, 7) is -0.862. The van der Waals surface area contributed by atoms with Crippen LogP contribution in [0.3, 0.4) is 0 Å². The molecule has 1 heterocycles. The van der Waals surface area contributed by atoms with E-state index < -0.39 is 57.1 Å². The van der Waals surface area contributed by atoms with E-state index >= 15 is 0 Å². The van der Waals surface area contributed by atoms with Crippen LogP contribution < -0.4 is 10.0 Å². The second kappa shape index (κ2) is 9.10. The van der Waals surface area contributed by atoms with Crippen molar-refractivity contribution in [3.05, 3.63) is 71.1 Å². The molecule has 0 aliphatic heterocycles. The normalized spacial score (nSPS) is 11.0. The number of aromatic hydroxyl groups is 1. The molecule has 0 fully saturated rings. The Morgan fingerprint density at radius 3 is 2.58 bits per heavy atom. The summed E-state index contributed by atoms with van der Waals surface area (Å²) in [6.07, 6.45) is 0. The van der Waals surface area contributed by atoms with Crippen molar-refractivity contribution in [3.8, 4) is 5.75 Å². The third kappa shape index (κ3) is 5.55. The molecule has 0 radical (unpaired) electrons. The summed E-state index contributed by atoms with van der Waals surface area (Å²) in [5, 5.41) is 13.5. The SMILES string of the molecule is O=C(COC(=O)c1cc(NS(=O)(=O)c2cccs2)ccc1O)Nc1cc(F)ccc1F. The van der Waals surface area contributed by atoms with E-state index in [1.165, 1.54) is 12.1 Å². The molecule has 0 saturated carbocycles. The lowest BCUT2D eigenvalue weighted by atomic mass is 10.2. The molecule has 0 atom stereocenters. The molecule has 2 aromatic carbocycles. The Morgan fingerprint density at radius 1 is 1.10 bits per heavy atom. The van der Waals surface area contributed by atoms with Gasteiger partial charge in [0, 0.05) is 11.8 Å². The van der Waals surface area contributed by atoms with Gasteiger partial charge in [-0.15, -0.1) is 11.3 Å². The number of halogens is 2. The Bertz CT molecular complexity index is 1230. The maximum absolute atomic E-state index is 13.6. The van der Waals surface area contributed by atoms with Gasteiger partial charge in [-0.2, -0.15) is 0 Å². The summed E-state index contributed by atoms with van der Waals surface area (Å²) in [5.41, 5.74) is -0.866.